The largest absolute Gasteiger partial charge is 0.323 e. The lowest BCUT2D eigenvalue weighted by molar-refractivity contribution is -0.116. The van der Waals surface area contributed by atoms with Crippen LogP contribution >= 0.6 is 11.3 Å². The van der Waals surface area contributed by atoms with Gasteiger partial charge in [-0.15, -0.1) is 11.3 Å². The molecule has 0 unspecified atom stereocenters. The third-order valence-electron chi connectivity index (χ3n) is 5.39. The number of thiazole rings is 1. The third-order valence-corrected chi connectivity index (χ3v) is 6.24. The van der Waals surface area contributed by atoms with Crippen LogP contribution < -0.4 is 10.2 Å². The molecule has 0 radical (unpaired) electrons. The van der Waals surface area contributed by atoms with Crippen molar-refractivity contribution < 1.29 is 14.0 Å². The normalized spacial score (nSPS) is 13.2. The quantitative estimate of drug-likeness (QED) is 0.345. The lowest BCUT2D eigenvalue weighted by Crippen LogP contribution is -2.23. The number of aromatic amines is 1. The number of hydrogen-bond donors (Lipinski definition) is 2. The van der Waals surface area contributed by atoms with Crippen molar-refractivity contribution in [2.75, 3.05) is 10.2 Å². The molecular weight excluding hydrogens is 467 g/mol. The van der Waals surface area contributed by atoms with E-state index in [1.54, 1.807) is 29.6 Å². The van der Waals surface area contributed by atoms with Gasteiger partial charge in [0.1, 0.15) is 11.6 Å². The van der Waals surface area contributed by atoms with E-state index >= 15 is 0 Å². The Kier molecular flexibility index (Phi) is 6.19. The number of halogens is 1. The molecule has 2 heterocycles. The van der Waals surface area contributed by atoms with Crippen LogP contribution in [0.4, 0.5) is 20.9 Å². The third kappa shape index (κ3) is 5.17. The van der Waals surface area contributed by atoms with E-state index in [1.165, 1.54) is 47.4 Å². The fourth-order valence-electron chi connectivity index (χ4n) is 3.49. The number of carbonyl (C=O) groups is 2. The fraction of sp³-hybridized carbons (Fsp3) is 0.160. The van der Waals surface area contributed by atoms with Gasteiger partial charge in [-0.05, 0) is 55.3 Å². The van der Waals surface area contributed by atoms with E-state index in [0.29, 0.717) is 28.3 Å². The number of benzene rings is 2. The molecule has 2 amide bonds. The number of carbonyl (C=O) groups excluding carboxylic acids is 2. The standard InChI is InChI=1S/C25H21FN6O2S/c1-15(33)32(21-5-3-2-4-20(21)26)25-28-19(14-35-25)12-13-22(34)27-18-10-8-17(9-11-18)24-29-23(30-31-24)16-6-7-16/h2-5,8-14,16H,6-7H2,1H3,(H,27,34)(H,29,30,31)/b13-12+. The molecule has 0 aliphatic heterocycles. The number of aromatic nitrogens is 4. The van der Waals surface area contributed by atoms with Gasteiger partial charge in [-0.2, -0.15) is 5.10 Å². The van der Waals surface area contributed by atoms with E-state index in [9.17, 15) is 14.0 Å². The van der Waals surface area contributed by atoms with Gasteiger partial charge in [0.05, 0.1) is 11.4 Å². The molecular formula is C25H21FN6O2S. The Balaban J connectivity index is 1.23. The predicted molar refractivity (Wildman–Crippen MR) is 133 cm³/mol. The van der Waals surface area contributed by atoms with E-state index in [0.717, 1.165) is 24.2 Å². The van der Waals surface area contributed by atoms with Crippen LogP contribution in [0.3, 0.4) is 0 Å². The van der Waals surface area contributed by atoms with Gasteiger partial charge in [0, 0.05) is 35.5 Å². The van der Waals surface area contributed by atoms with Crippen LogP contribution in [-0.2, 0) is 9.59 Å². The van der Waals surface area contributed by atoms with Crippen molar-refractivity contribution >= 4 is 45.7 Å². The number of amides is 2. The summed E-state index contributed by atoms with van der Waals surface area (Å²) in [5.41, 5.74) is 2.10. The Morgan fingerprint density at radius 3 is 2.63 bits per heavy atom. The van der Waals surface area contributed by atoms with E-state index in [1.807, 2.05) is 12.1 Å². The number of rotatable bonds is 7. The predicted octanol–water partition coefficient (Wildman–Crippen LogP) is 5.28. The van der Waals surface area contributed by atoms with E-state index in [4.69, 9.17) is 0 Å². The number of nitrogens with one attached hydrogen (secondary N) is 2. The topological polar surface area (TPSA) is 104 Å². The van der Waals surface area contributed by atoms with Crippen molar-refractivity contribution in [2.45, 2.75) is 25.7 Å². The van der Waals surface area contributed by atoms with Crippen LogP contribution in [-0.4, -0.2) is 32.0 Å². The molecule has 4 aromatic rings. The van der Waals surface area contributed by atoms with Crippen LogP contribution in [0.2, 0.25) is 0 Å². The van der Waals surface area contributed by atoms with E-state index in [2.05, 4.69) is 25.5 Å². The van der Waals surface area contributed by atoms with Gasteiger partial charge < -0.3 is 5.32 Å². The summed E-state index contributed by atoms with van der Waals surface area (Å²) in [5, 5.41) is 12.1. The lowest BCUT2D eigenvalue weighted by Gasteiger charge is -2.18. The highest BCUT2D eigenvalue weighted by Gasteiger charge is 2.27. The number of nitrogens with zero attached hydrogens (tertiary/aromatic N) is 4. The maximum atomic E-state index is 14.2. The van der Waals surface area contributed by atoms with Gasteiger partial charge in [-0.25, -0.2) is 14.4 Å². The summed E-state index contributed by atoms with van der Waals surface area (Å²) in [6.07, 6.45) is 5.19. The first-order chi connectivity index (χ1) is 17.0. The molecule has 5 rings (SSSR count). The van der Waals surface area contributed by atoms with Crippen LogP contribution in [0, 0.1) is 5.82 Å². The second-order valence-corrected chi connectivity index (χ2v) is 8.92. The maximum Gasteiger partial charge on any atom is 0.248 e. The first kappa shape index (κ1) is 22.6. The van der Waals surface area contributed by atoms with Gasteiger partial charge in [-0.1, -0.05) is 12.1 Å². The van der Waals surface area contributed by atoms with Crippen molar-refractivity contribution in [3.63, 3.8) is 0 Å². The maximum absolute atomic E-state index is 14.2. The molecule has 1 aliphatic rings. The first-order valence-corrected chi connectivity index (χ1v) is 11.9. The van der Waals surface area contributed by atoms with Crippen molar-refractivity contribution in [3.05, 3.63) is 77.3 Å². The highest BCUT2D eigenvalue weighted by Crippen LogP contribution is 2.38. The number of para-hydroxylation sites is 1. The van der Waals surface area contributed by atoms with E-state index < -0.39 is 5.82 Å². The van der Waals surface area contributed by atoms with Gasteiger partial charge in [0.2, 0.25) is 11.8 Å². The number of hydrogen-bond acceptors (Lipinski definition) is 6. The zero-order chi connectivity index (χ0) is 24.4. The van der Waals surface area contributed by atoms with Gasteiger partial charge in [0.15, 0.2) is 11.0 Å². The molecule has 2 N–H and O–H groups in total. The van der Waals surface area contributed by atoms with Crippen LogP contribution in [0.15, 0.2) is 60.0 Å². The molecule has 35 heavy (non-hydrogen) atoms. The summed E-state index contributed by atoms with van der Waals surface area (Å²) >= 11 is 1.18. The Bertz CT molecular complexity index is 1410. The Hall–Kier alpha value is -4.18. The SMILES string of the molecule is CC(=O)N(c1nc(/C=C/C(=O)Nc2ccc(-c3n[nH]c(C4CC4)n3)cc2)cs1)c1ccccc1F. The Labute approximate surface area is 204 Å². The highest BCUT2D eigenvalue weighted by molar-refractivity contribution is 7.14. The molecule has 1 fully saturated rings. The molecule has 2 aromatic heterocycles. The molecule has 1 saturated carbocycles. The summed E-state index contributed by atoms with van der Waals surface area (Å²) < 4.78 is 14.2. The molecule has 0 saturated heterocycles. The van der Waals surface area contributed by atoms with Crippen molar-refractivity contribution in [1.82, 2.24) is 20.2 Å². The van der Waals surface area contributed by atoms with Gasteiger partial charge in [-0.3, -0.25) is 19.6 Å². The summed E-state index contributed by atoms with van der Waals surface area (Å²) in [6, 6.07) is 13.3. The molecule has 8 nitrogen and oxygen atoms in total. The molecule has 10 heteroatoms. The van der Waals surface area contributed by atoms with Crippen LogP contribution in [0.5, 0.6) is 0 Å². The lowest BCUT2D eigenvalue weighted by atomic mass is 10.2. The minimum atomic E-state index is -0.521. The molecule has 0 spiro atoms. The zero-order valence-electron chi connectivity index (χ0n) is 18.7. The number of H-pyrrole nitrogens is 1. The molecule has 176 valence electrons. The summed E-state index contributed by atoms with van der Waals surface area (Å²) in [5.74, 6) is 0.841. The molecule has 0 atom stereocenters. The monoisotopic (exact) mass is 488 g/mol. The first-order valence-electron chi connectivity index (χ1n) is 11.0. The van der Waals surface area contributed by atoms with Crippen molar-refractivity contribution in [1.29, 1.82) is 0 Å². The second-order valence-electron chi connectivity index (χ2n) is 8.08. The molecule has 2 aromatic carbocycles. The Morgan fingerprint density at radius 1 is 1.14 bits per heavy atom. The minimum absolute atomic E-state index is 0.125. The average Bonchev–Trinajstić information content (AvgIpc) is 3.39. The van der Waals surface area contributed by atoms with Crippen LogP contribution in [0.25, 0.3) is 17.5 Å². The van der Waals surface area contributed by atoms with Crippen LogP contribution in [0.1, 0.15) is 37.2 Å². The number of anilines is 3. The summed E-state index contributed by atoms with van der Waals surface area (Å²) in [7, 11) is 0. The van der Waals surface area contributed by atoms with E-state index in [-0.39, 0.29) is 17.5 Å². The molecule has 0 bridgehead atoms. The molecule has 1 aliphatic carbocycles. The average molecular weight is 489 g/mol. The van der Waals surface area contributed by atoms with Crippen molar-refractivity contribution in [2.24, 2.45) is 0 Å². The van der Waals surface area contributed by atoms with Crippen molar-refractivity contribution in [3.8, 4) is 11.4 Å². The fourth-order valence-corrected chi connectivity index (χ4v) is 4.33. The highest BCUT2D eigenvalue weighted by atomic mass is 32.1. The Morgan fingerprint density at radius 2 is 1.91 bits per heavy atom. The second kappa shape index (κ2) is 9.59. The zero-order valence-corrected chi connectivity index (χ0v) is 19.6. The smallest absolute Gasteiger partial charge is 0.248 e. The summed E-state index contributed by atoms with van der Waals surface area (Å²) in [4.78, 5) is 34.6. The van der Waals surface area contributed by atoms with Gasteiger partial charge >= 0.3 is 0 Å². The summed E-state index contributed by atoms with van der Waals surface area (Å²) in [6.45, 7) is 1.34. The van der Waals surface area contributed by atoms with Gasteiger partial charge in [0.25, 0.3) is 0 Å². The minimum Gasteiger partial charge on any atom is -0.323 e.